The average molecular weight is 391 g/mol. The van der Waals surface area contributed by atoms with Crippen LogP contribution in [-0.4, -0.2) is 6.54 Å². The Morgan fingerprint density at radius 2 is 1.95 bits per heavy atom. The summed E-state index contributed by atoms with van der Waals surface area (Å²) in [5.41, 5.74) is 1.96. The van der Waals surface area contributed by atoms with Crippen molar-refractivity contribution in [3.63, 3.8) is 0 Å². The van der Waals surface area contributed by atoms with Gasteiger partial charge in [0.2, 0.25) is 0 Å². The maximum Gasteiger partial charge on any atom is 0.124 e. The fourth-order valence-corrected chi connectivity index (χ4v) is 3.17. The second-order valence-corrected chi connectivity index (χ2v) is 6.41. The Bertz CT molecular complexity index is 634. The number of halogens is 4. The number of likely N-dealkylation sites (N-methyl/N-ethyl adjacent to an activating group) is 1. The van der Waals surface area contributed by atoms with Gasteiger partial charge in [0.15, 0.2) is 0 Å². The van der Waals surface area contributed by atoms with Gasteiger partial charge in [0.25, 0.3) is 0 Å². The highest BCUT2D eigenvalue weighted by atomic mass is 79.9. The third kappa shape index (κ3) is 4.43. The summed E-state index contributed by atoms with van der Waals surface area (Å²) in [4.78, 5) is 0. The molecule has 0 bridgehead atoms. The highest BCUT2D eigenvalue weighted by molar-refractivity contribution is 9.10. The average Bonchev–Trinajstić information content (AvgIpc) is 2.44. The molecule has 0 heterocycles. The van der Waals surface area contributed by atoms with E-state index in [0.29, 0.717) is 16.5 Å². The Hall–Kier alpha value is -0.610. The molecular formula is C16H15BrCl2FN. The molecule has 0 spiro atoms. The standard InChI is InChI=1S/C16H15BrCl2FN/c1-2-21-16(13-8-11(18)4-6-15(13)19)7-10-3-5-12(20)9-14(10)17/h3-6,8-9,16,21H,2,7H2,1H3. The number of benzene rings is 2. The molecule has 2 aromatic carbocycles. The van der Waals surface area contributed by atoms with Gasteiger partial charge in [0, 0.05) is 20.6 Å². The summed E-state index contributed by atoms with van der Waals surface area (Å²) in [6.07, 6.45) is 0.689. The van der Waals surface area contributed by atoms with E-state index in [9.17, 15) is 4.39 Å². The van der Waals surface area contributed by atoms with Crippen LogP contribution in [0, 0.1) is 5.82 Å². The van der Waals surface area contributed by atoms with Crippen LogP contribution >= 0.6 is 39.1 Å². The predicted octanol–water partition coefficient (Wildman–Crippen LogP) is 5.79. The first kappa shape index (κ1) is 16.8. The Kier molecular flexibility index (Phi) is 6.06. The predicted molar refractivity (Wildman–Crippen MR) is 90.7 cm³/mol. The van der Waals surface area contributed by atoms with E-state index >= 15 is 0 Å². The minimum atomic E-state index is -0.258. The van der Waals surface area contributed by atoms with Gasteiger partial charge >= 0.3 is 0 Å². The molecule has 21 heavy (non-hydrogen) atoms. The Morgan fingerprint density at radius 1 is 1.19 bits per heavy atom. The molecule has 0 radical (unpaired) electrons. The van der Waals surface area contributed by atoms with E-state index in [2.05, 4.69) is 21.2 Å². The quantitative estimate of drug-likeness (QED) is 0.681. The zero-order chi connectivity index (χ0) is 15.4. The molecule has 0 amide bonds. The monoisotopic (exact) mass is 389 g/mol. The lowest BCUT2D eigenvalue weighted by molar-refractivity contribution is 0.548. The van der Waals surface area contributed by atoms with Crippen molar-refractivity contribution in [1.82, 2.24) is 5.32 Å². The molecule has 0 aliphatic heterocycles. The van der Waals surface area contributed by atoms with Gasteiger partial charge in [-0.15, -0.1) is 0 Å². The van der Waals surface area contributed by atoms with Gasteiger partial charge in [-0.3, -0.25) is 0 Å². The molecule has 5 heteroatoms. The van der Waals surface area contributed by atoms with Crippen LogP contribution in [-0.2, 0) is 6.42 Å². The van der Waals surface area contributed by atoms with Crippen LogP contribution < -0.4 is 5.32 Å². The largest absolute Gasteiger partial charge is 0.310 e. The second kappa shape index (κ2) is 7.59. The van der Waals surface area contributed by atoms with Crippen molar-refractivity contribution in [2.75, 3.05) is 6.54 Å². The van der Waals surface area contributed by atoms with Crippen molar-refractivity contribution in [2.24, 2.45) is 0 Å². The van der Waals surface area contributed by atoms with E-state index in [0.717, 1.165) is 22.1 Å². The van der Waals surface area contributed by atoms with Gasteiger partial charge in [-0.25, -0.2) is 4.39 Å². The fourth-order valence-electron chi connectivity index (χ4n) is 2.23. The lowest BCUT2D eigenvalue weighted by Crippen LogP contribution is -2.23. The molecule has 2 rings (SSSR count). The summed E-state index contributed by atoms with van der Waals surface area (Å²) in [5, 5.41) is 4.72. The Labute approximate surface area is 142 Å². The van der Waals surface area contributed by atoms with E-state index in [1.165, 1.54) is 12.1 Å². The molecule has 0 aliphatic carbocycles. The normalized spacial score (nSPS) is 12.4. The first-order chi connectivity index (χ1) is 10.0. The van der Waals surface area contributed by atoms with Crippen LogP contribution in [0.15, 0.2) is 40.9 Å². The van der Waals surface area contributed by atoms with Crippen molar-refractivity contribution < 1.29 is 4.39 Å². The molecule has 0 aromatic heterocycles. The minimum absolute atomic E-state index is 0.0166. The SMILES string of the molecule is CCNC(Cc1ccc(F)cc1Br)c1cc(Cl)ccc1Cl. The van der Waals surface area contributed by atoms with Crippen LogP contribution in [0.4, 0.5) is 4.39 Å². The molecule has 0 saturated heterocycles. The lowest BCUT2D eigenvalue weighted by Gasteiger charge is -2.20. The van der Waals surface area contributed by atoms with Gasteiger partial charge in [0.05, 0.1) is 0 Å². The van der Waals surface area contributed by atoms with Gasteiger partial charge in [-0.1, -0.05) is 52.1 Å². The molecule has 0 fully saturated rings. The second-order valence-electron chi connectivity index (χ2n) is 4.72. The Morgan fingerprint density at radius 3 is 2.62 bits per heavy atom. The maximum atomic E-state index is 13.2. The summed E-state index contributed by atoms with van der Waals surface area (Å²) in [7, 11) is 0. The Balaban J connectivity index is 2.32. The number of rotatable bonds is 5. The van der Waals surface area contributed by atoms with E-state index in [4.69, 9.17) is 23.2 Å². The van der Waals surface area contributed by atoms with Crippen LogP contribution in [0.25, 0.3) is 0 Å². The summed E-state index contributed by atoms with van der Waals surface area (Å²) >= 11 is 15.8. The molecule has 2 aromatic rings. The highest BCUT2D eigenvalue weighted by Gasteiger charge is 2.16. The summed E-state index contributed by atoms with van der Waals surface area (Å²) in [5.74, 6) is -0.258. The topological polar surface area (TPSA) is 12.0 Å². The maximum absolute atomic E-state index is 13.2. The minimum Gasteiger partial charge on any atom is -0.310 e. The number of nitrogens with one attached hydrogen (secondary N) is 1. The molecule has 1 nitrogen and oxygen atoms in total. The highest BCUT2D eigenvalue weighted by Crippen LogP contribution is 2.30. The zero-order valence-electron chi connectivity index (χ0n) is 11.5. The molecule has 0 aliphatic rings. The molecule has 0 saturated carbocycles. The first-order valence-electron chi connectivity index (χ1n) is 6.63. The summed E-state index contributed by atoms with van der Waals surface area (Å²) < 4.78 is 13.9. The molecular weight excluding hydrogens is 376 g/mol. The van der Waals surface area contributed by atoms with E-state index in [1.807, 2.05) is 13.0 Å². The van der Waals surface area contributed by atoms with Gasteiger partial charge in [0.1, 0.15) is 5.82 Å². The van der Waals surface area contributed by atoms with E-state index in [-0.39, 0.29) is 11.9 Å². The third-order valence-electron chi connectivity index (χ3n) is 3.22. The summed E-state index contributed by atoms with van der Waals surface area (Å²) in [6, 6.07) is 10.2. The fraction of sp³-hybridized carbons (Fsp3) is 0.250. The van der Waals surface area contributed by atoms with Gasteiger partial charge in [-0.2, -0.15) is 0 Å². The summed E-state index contributed by atoms with van der Waals surface area (Å²) in [6.45, 7) is 2.83. The van der Waals surface area contributed by atoms with E-state index in [1.54, 1.807) is 18.2 Å². The smallest absolute Gasteiger partial charge is 0.124 e. The van der Waals surface area contributed by atoms with Crippen LogP contribution in [0.2, 0.25) is 10.0 Å². The van der Waals surface area contributed by atoms with Crippen LogP contribution in [0.1, 0.15) is 24.1 Å². The van der Waals surface area contributed by atoms with E-state index < -0.39 is 0 Å². The number of hydrogen-bond acceptors (Lipinski definition) is 1. The third-order valence-corrected chi connectivity index (χ3v) is 4.54. The van der Waals surface area contributed by atoms with Crippen molar-refractivity contribution >= 4 is 39.1 Å². The zero-order valence-corrected chi connectivity index (χ0v) is 14.6. The van der Waals surface area contributed by atoms with Gasteiger partial charge < -0.3 is 5.32 Å². The molecule has 1 unspecified atom stereocenters. The first-order valence-corrected chi connectivity index (χ1v) is 8.18. The van der Waals surface area contributed by atoms with Crippen molar-refractivity contribution in [2.45, 2.75) is 19.4 Å². The molecule has 1 N–H and O–H groups in total. The number of hydrogen-bond donors (Lipinski definition) is 1. The molecule has 112 valence electrons. The van der Waals surface area contributed by atoms with Crippen molar-refractivity contribution in [3.05, 3.63) is 67.9 Å². The van der Waals surface area contributed by atoms with Crippen LogP contribution in [0.5, 0.6) is 0 Å². The van der Waals surface area contributed by atoms with Gasteiger partial charge in [-0.05, 0) is 54.4 Å². The van der Waals surface area contributed by atoms with Crippen LogP contribution in [0.3, 0.4) is 0 Å². The van der Waals surface area contributed by atoms with Crippen molar-refractivity contribution in [1.29, 1.82) is 0 Å². The lowest BCUT2D eigenvalue weighted by atomic mass is 9.98. The molecule has 1 atom stereocenters. The van der Waals surface area contributed by atoms with Crippen molar-refractivity contribution in [3.8, 4) is 0 Å².